The number of nitrogens with one attached hydrogen (secondary N) is 1. The highest BCUT2D eigenvalue weighted by atomic mass is 16.2. The Balaban J connectivity index is 1.32. The highest BCUT2D eigenvalue weighted by molar-refractivity contribution is 6.11. The molecule has 1 aromatic heterocycles. The van der Waals surface area contributed by atoms with E-state index in [0.717, 1.165) is 60.5 Å². The van der Waals surface area contributed by atoms with Gasteiger partial charge in [-0.3, -0.25) is 14.5 Å². The van der Waals surface area contributed by atoms with Crippen molar-refractivity contribution >= 4 is 29.4 Å². The molecule has 1 saturated carbocycles. The molecule has 37 heavy (non-hydrogen) atoms. The summed E-state index contributed by atoms with van der Waals surface area (Å²) in [6.45, 7) is 8.18. The average Bonchev–Trinajstić information content (AvgIpc) is 3.32. The highest BCUT2D eigenvalue weighted by Crippen LogP contribution is 2.36. The lowest BCUT2D eigenvalue weighted by Gasteiger charge is -2.34. The molecule has 1 spiro atoms. The number of rotatable bonds is 7. The lowest BCUT2D eigenvalue weighted by molar-refractivity contribution is -0.134. The van der Waals surface area contributed by atoms with Crippen LogP contribution in [0.5, 0.6) is 0 Å². The zero-order valence-corrected chi connectivity index (χ0v) is 22.6. The van der Waals surface area contributed by atoms with Crippen LogP contribution in [0.1, 0.15) is 85.0 Å². The summed E-state index contributed by atoms with van der Waals surface area (Å²) in [5.41, 5.74) is 0.748. The highest BCUT2D eigenvalue weighted by Gasteiger charge is 2.52. The average molecular weight is 508 g/mol. The molecule has 5 rings (SSSR count). The van der Waals surface area contributed by atoms with E-state index >= 15 is 0 Å². The third-order valence-electron chi connectivity index (χ3n) is 8.84. The third-order valence-corrected chi connectivity index (χ3v) is 8.84. The van der Waals surface area contributed by atoms with Crippen molar-refractivity contribution in [1.29, 1.82) is 0 Å². The number of urea groups is 1. The summed E-state index contributed by atoms with van der Waals surface area (Å²) < 4.78 is 0. The fourth-order valence-electron chi connectivity index (χ4n) is 6.92. The second kappa shape index (κ2) is 10.5. The van der Waals surface area contributed by atoms with Crippen LogP contribution in [0.3, 0.4) is 0 Å². The second-order valence-corrected chi connectivity index (χ2v) is 11.5. The Kier molecular flexibility index (Phi) is 7.28. The Bertz CT molecular complexity index is 1090. The number of allylic oxidation sites excluding steroid dienone is 1. The number of carbonyl (C=O) groups excluding carboxylic acids is 3. The molecule has 3 fully saturated rings. The number of carbonyl (C=O) groups is 3. The van der Waals surface area contributed by atoms with Gasteiger partial charge in [-0.15, -0.1) is 0 Å². The monoisotopic (exact) mass is 507 g/mol. The molecule has 0 aromatic carbocycles. The maximum Gasteiger partial charge on any atom is 0.325 e. The van der Waals surface area contributed by atoms with Crippen LogP contribution in [-0.2, 0) is 9.59 Å². The van der Waals surface area contributed by atoms with Gasteiger partial charge < -0.3 is 15.1 Å². The summed E-state index contributed by atoms with van der Waals surface area (Å²) in [7, 11) is 0. The Hall–Kier alpha value is -2.90. The summed E-state index contributed by atoms with van der Waals surface area (Å²) in [5, 5.41) is 2.91. The van der Waals surface area contributed by atoms with Gasteiger partial charge in [0.15, 0.2) is 5.78 Å². The number of hydrogen-bond donors (Lipinski definition) is 1. The smallest absolute Gasteiger partial charge is 0.325 e. The lowest BCUT2D eigenvalue weighted by atomic mass is 9.82. The van der Waals surface area contributed by atoms with Crippen molar-refractivity contribution in [3.63, 3.8) is 0 Å². The Morgan fingerprint density at radius 3 is 2.65 bits per heavy atom. The van der Waals surface area contributed by atoms with Gasteiger partial charge in [0.1, 0.15) is 17.2 Å². The van der Waals surface area contributed by atoms with Crippen LogP contribution in [0.15, 0.2) is 29.5 Å². The largest absolute Gasteiger partial charge is 0.356 e. The molecule has 8 nitrogen and oxygen atoms in total. The van der Waals surface area contributed by atoms with Crippen LogP contribution < -0.4 is 15.1 Å². The van der Waals surface area contributed by atoms with Crippen LogP contribution >= 0.6 is 0 Å². The first-order valence-corrected chi connectivity index (χ1v) is 14.2. The van der Waals surface area contributed by atoms with Crippen molar-refractivity contribution < 1.29 is 14.4 Å². The summed E-state index contributed by atoms with van der Waals surface area (Å²) in [4.78, 5) is 50.0. The number of aromatic nitrogens is 1. The number of imide groups is 1. The Morgan fingerprint density at radius 2 is 1.89 bits per heavy atom. The molecule has 2 atom stereocenters. The molecule has 200 valence electrons. The molecule has 4 heterocycles. The minimum absolute atomic E-state index is 0.0729. The van der Waals surface area contributed by atoms with E-state index in [1.807, 2.05) is 13.0 Å². The maximum atomic E-state index is 13.4. The topological polar surface area (TPSA) is 85.9 Å². The predicted molar refractivity (Wildman–Crippen MR) is 144 cm³/mol. The molecule has 3 aliphatic heterocycles. The van der Waals surface area contributed by atoms with E-state index in [2.05, 4.69) is 41.1 Å². The quantitative estimate of drug-likeness (QED) is 0.534. The third kappa shape index (κ3) is 4.87. The van der Waals surface area contributed by atoms with Crippen molar-refractivity contribution in [3.05, 3.63) is 29.5 Å². The van der Waals surface area contributed by atoms with E-state index in [9.17, 15) is 14.4 Å². The maximum absolute atomic E-state index is 13.4. The van der Waals surface area contributed by atoms with E-state index in [1.54, 1.807) is 0 Å². The van der Waals surface area contributed by atoms with Gasteiger partial charge in [0.25, 0.3) is 5.91 Å². The molecule has 4 aliphatic rings. The van der Waals surface area contributed by atoms with Crippen molar-refractivity contribution in [1.82, 2.24) is 15.2 Å². The molecule has 2 unspecified atom stereocenters. The van der Waals surface area contributed by atoms with Crippen molar-refractivity contribution in [2.75, 3.05) is 29.4 Å². The molecule has 1 aromatic rings. The normalized spacial score (nSPS) is 25.9. The number of ketones is 1. The second-order valence-electron chi connectivity index (χ2n) is 11.5. The van der Waals surface area contributed by atoms with Gasteiger partial charge in [0.2, 0.25) is 0 Å². The van der Waals surface area contributed by atoms with E-state index in [4.69, 9.17) is 4.98 Å². The minimum Gasteiger partial charge on any atom is -0.356 e. The zero-order valence-electron chi connectivity index (χ0n) is 22.6. The zero-order chi connectivity index (χ0) is 26.2. The van der Waals surface area contributed by atoms with E-state index in [1.165, 1.54) is 25.7 Å². The van der Waals surface area contributed by atoms with E-state index in [0.29, 0.717) is 24.8 Å². The van der Waals surface area contributed by atoms with Crippen molar-refractivity contribution in [3.8, 4) is 0 Å². The van der Waals surface area contributed by atoms with Crippen LogP contribution in [0, 0.1) is 5.92 Å². The SMILES string of the molecule is CCCC1CCCN(c2cccc(N3C(C)=C(C(=O)CN4C(=O)NC5(CCCCC5)C4=O)CC3C)n2)C1. The van der Waals surface area contributed by atoms with Crippen LogP contribution in [-0.4, -0.2) is 58.8 Å². The lowest BCUT2D eigenvalue weighted by Crippen LogP contribution is -2.48. The van der Waals surface area contributed by atoms with Gasteiger partial charge in [-0.25, -0.2) is 9.78 Å². The summed E-state index contributed by atoms with van der Waals surface area (Å²) in [6, 6.07) is 5.79. The van der Waals surface area contributed by atoms with Crippen LogP contribution in [0.25, 0.3) is 0 Å². The first-order valence-electron chi connectivity index (χ1n) is 14.2. The standard InChI is InChI=1S/C29H41N5O3/c1-4-10-22-11-9-16-32(18-22)25-12-8-13-26(30-25)34-20(2)17-23(21(34)3)24(35)19-33-27(36)29(31-28(33)37)14-6-5-7-15-29/h8,12-13,20,22H,4-7,9-11,14-19H2,1-3H3,(H,31,37). The fraction of sp³-hybridized carbons (Fsp3) is 0.655. The van der Waals surface area contributed by atoms with Gasteiger partial charge in [0.05, 0.1) is 6.54 Å². The van der Waals surface area contributed by atoms with Crippen LogP contribution in [0.2, 0.25) is 0 Å². The molecule has 3 amide bonds. The number of piperidine rings is 1. The molecule has 0 bridgehead atoms. The predicted octanol–water partition coefficient (Wildman–Crippen LogP) is 4.79. The number of anilines is 2. The number of hydrogen-bond acceptors (Lipinski definition) is 6. The van der Waals surface area contributed by atoms with E-state index in [-0.39, 0.29) is 24.3 Å². The first-order chi connectivity index (χ1) is 17.8. The van der Waals surface area contributed by atoms with Gasteiger partial charge in [-0.2, -0.15) is 0 Å². The molecule has 0 radical (unpaired) electrons. The molecule has 2 saturated heterocycles. The molecule has 8 heteroatoms. The van der Waals surface area contributed by atoms with Crippen molar-refractivity contribution in [2.45, 2.75) is 96.6 Å². The number of nitrogens with zero attached hydrogens (tertiary/aromatic N) is 4. The molecule has 1 aliphatic carbocycles. The van der Waals surface area contributed by atoms with Crippen molar-refractivity contribution in [2.24, 2.45) is 5.92 Å². The molecular formula is C29H41N5O3. The van der Waals surface area contributed by atoms with Gasteiger partial charge in [-0.05, 0) is 70.4 Å². The summed E-state index contributed by atoms with van der Waals surface area (Å²) in [5.74, 6) is 2.18. The Morgan fingerprint density at radius 1 is 1.14 bits per heavy atom. The molecule has 1 N–H and O–H groups in total. The molecular weight excluding hydrogens is 466 g/mol. The summed E-state index contributed by atoms with van der Waals surface area (Å²) in [6.07, 6.45) is 9.77. The Labute approximate surface area is 220 Å². The van der Waals surface area contributed by atoms with Crippen LogP contribution in [0.4, 0.5) is 16.4 Å². The van der Waals surface area contributed by atoms with E-state index < -0.39 is 11.6 Å². The number of Topliss-reactive ketones (excluding diaryl/α,β-unsaturated/α-hetero) is 1. The van der Waals surface area contributed by atoms with Gasteiger partial charge in [-0.1, -0.05) is 38.7 Å². The minimum atomic E-state index is -0.803. The fourth-order valence-corrected chi connectivity index (χ4v) is 6.92. The number of amides is 3. The number of pyridine rings is 1. The van der Waals surface area contributed by atoms with Gasteiger partial charge in [0, 0.05) is 30.4 Å². The van der Waals surface area contributed by atoms with Gasteiger partial charge >= 0.3 is 6.03 Å². The summed E-state index contributed by atoms with van der Waals surface area (Å²) >= 11 is 0. The first kappa shape index (κ1) is 25.7.